The standard InChI is InChI=1S/C38H48O19/c1-14(2)5-10-18-21(53-38-30(48)27(45)25(43)22(12-39)54-38)11-19(40)23-26(44)35(33(55-34(18)23)16-6-8-17(50-4)9-7-16)57-37-31(49)28(46)32(15(3)52-37)56-36-29(47)24(42)20(41)13-51-36/h5-9,11,15,20,22,24-25,27-32,36-43,45-49H,10,12-13H2,1-4H3/t15-,20+,22+,24-,25+,27-,28-,29+,30+,31+,32-,36-,37-,38+/m0/s1. The van der Waals surface area contributed by atoms with Gasteiger partial charge in [0.1, 0.15) is 89.3 Å². The number of hydrogen-bond acceptors (Lipinski definition) is 19. The van der Waals surface area contributed by atoms with Crippen molar-refractivity contribution < 1.29 is 88.6 Å². The molecule has 314 valence electrons. The summed E-state index contributed by atoms with van der Waals surface area (Å²) in [6, 6.07) is 7.28. The van der Waals surface area contributed by atoms with Crippen LogP contribution in [0.3, 0.4) is 0 Å². The third kappa shape index (κ3) is 8.48. The molecule has 0 unspecified atom stereocenters. The predicted octanol–water partition coefficient (Wildman–Crippen LogP) is -1.47. The first-order valence-electron chi connectivity index (χ1n) is 18.2. The first-order valence-corrected chi connectivity index (χ1v) is 18.2. The maximum Gasteiger partial charge on any atom is 0.239 e. The molecule has 6 rings (SSSR count). The molecular formula is C38H48O19. The molecular weight excluding hydrogens is 760 g/mol. The second-order valence-electron chi connectivity index (χ2n) is 14.4. The molecule has 3 fully saturated rings. The van der Waals surface area contributed by atoms with E-state index in [1.807, 2.05) is 13.8 Å². The van der Waals surface area contributed by atoms with Crippen molar-refractivity contribution in [2.75, 3.05) is 20.3 Å². The van der Waals surface area contributed by atoms with Gasteiger partial charge >= 0.3 is 0 Å². The minimum Gasteiger partial charge on any atom is -0.507 e. The number of phenolic OH excluding ortho intramolecular Hbond substituents is 1. The number of aliphatic hydroxyl groups excluding tert-OH is 9. The summed E-state index contributed by atoms with van der Waals surface area (Å²) in [6.45, 7) is 3.96. The zero-order valence-corrected chi connectivity index (χ0v) is 31.3. The number of hydrogen-bond donors (Lipinski definition) is 10. The van der Waals surface area contributed by atoms with Gasteiger partial charge in [0.05, 0.1) is 26.4 Å². The molecule has 0 radical (unpaired) electrons. The van der Waals surface area contributed by atoms with Crippen molar-refractivity contribution in [3.63, 3.8) is 0 Å². The highest BCUT2D eigenvalue weighted by atomic mass is 16.7. The minimum absolute atomic E-state index is 0.0298. The van der Waals surface area contributed by atoms with Crippen LogP contribution in [0.4, 0.5) is 0 Å². The van der Waals surface area contributed by atoms with Gasteiger partial charge in [-0.05, 0) is 51.5 Å². The first-order chi connectivity index (χ1) is 27.1. The molecule has 3 saturated heterocycles. The fourth-order valence-corrected chi connectivity index (χ4v) is 6.75. The molecule has 3 aliphatic rings. The summed E-state index contributed by atoms with van der Waals surface area (Å²) in [5, 5.41) is 105. The van der Waals surface area contributed by atoms with Crippen molar-refractivity contribution in [3.8, 4) is 34.3 Å². The van der Waals surface area contributed by atoms with Crippen LogP contribution in [-0.2, 0) is 25.4 Å². The Kier molecular flexibility index (Phi) is 13.1. The second kappa shape index (κ2) is 17.5. The number of aromatic hydroxyl groups is 1. The second-order valence-corrected chi connectivity index (χ2v) is 14.4. The van der Waals surface area contributed by atoms with Gasteiger partial charge in [-0.15, -0.1) is 0 Å². The van der Waals surface area contributed by atoms with Crippen molar-refractivity contribution >= 4 is 11.0 Å². The monoisotopic (exact) mass is 808 g/mol. The molecule has 0 aliphatic carbocycles. The molecule has 10 N–H and O–H groups in total. The van der Waals surface area contributed by atoms with Gasteiger partial charge in [0.2, 0.25) is 23.8 Å². The van der Waals surface area contributed by atoms with E-state index in [1.165, 1.54) is 14.0 Å². The smallest absolute Gasteiger partial charge is 0.239 e. The number of allylic oxidation sites excluding steroid dienone is 2. The van der Waals surface area contributed by atoms with E-state index in [9.17, 15) is 55.9 Å². The van der Waals surface area contributed by atoms with Crippen LogP contribution < -0.4 is 19.6 Å². The molecule has 19 nitrogen and oxygen atoms in total. The van der Waals surface area contributed by atoms with Gasteiger partial charge in [-0.1, -0.05) is 11.6 Å². The Labute approximate surface area is 325 Å². The van der Waals surface area contributed by atoms with Gasteiger partial charge in [-0.2, -0.15) is 0 Å². The molecule has 0 bridgehead atoms. The van der Waals surface area contributed by atoms with Gasteiger partial charge in [-0.3, -0.25) is 4.79 Å². The molecule has 3 aromatic rings. The van der Waals surface area contributed by atoms with Gasteiger partial charge in [0.25, 0.3) is 0 Å². The third-order valence-corrected chi connectivity index (χ3v) is 10.1. The van der Waals surface area contributed by atoms with E-state index in [4.69, 9.17) is 37.6 Å². The van der Waals surface area contributed by atoms with Crippen LogP contribution in [-0.4, -0.2) is 157 Å². The summed E-state index contributed by atoms with van der Waals surface area (Å²) in [5.74, 6) is -1.16. The largest absolute Gasteiger partial charge is 0.507 e. The Morgan fingerprint density at radius 2 is 1.49 bits per heavy atom. The van der Waals surface area contributed by atoms with Gasteiger partial charge < -0.3 is 88.6 Å². The Morgan fingerprint density at radius 3 is 2.14 bits per heavy atom. The fourth-order valence-electron chi connectivity index (χ4n) is 6.75. The summed E-state index contributed by atoms with van der Waals surface area (Å²) in [4.78, 5) is 14.5. The maximum atomic E-state index is 14.5. The van der Waals surface area contributed by atoms with Crippen molar-refractivity contribution in [3.05, 3.63) is 57.8 Å². The molecule has 0 saturated carbocycles. The van der Waals surface area contributed by atoms with Gasteiger partial charge in [0.15, 0.2) is 12.1 Å². The van der Waals surface area contributed by atoms with Crippen LogP contribution in [0.5, 0.6) is 23.0 Å². The number of aliphatic hydroxyl groups is 9. The van der Waals surface area contributed by atoms with Crippen molar-refractivity contribution in [2.24, 2.45) is 0 Å². The Hall–Kier alpha value is -3.93. The lowest BCUT2D eigenvalue weighted by atomic mass is 9.98. The molecule has 1 aromatic heterocycles. The molecule has 0 spiro atoms. The van der Waals surface area contributed by atoms with Crippen LogP contribution >= 0.6 is 0 Å². The van der Waals surface area contributed by atoms with E-state index in [1.54, 1.807) is 30.3 Å². The van der Waals surface area contributed by atoms with Crippen LogP contribution in [0.2, 0.25) is 0 Å². The number of methoxy groups -OCH3 is 1. The van der Waals surface area contributed by atoms with E-state index in [2.05, 4.69) is 0 Å². The molecule has 57 heavy (non-hydrogen) atoms. The summed E-state index contributed by atoms with van der Waals surface area (Å²) in [7, 11) is 1.45. The summed E-state index contributed by atoms with van der Waals surface area (Å²) in [5.41, 5.74) is 0.120. The zero-order valence-electron chi connectivity index (χ0n) is 31.3. The van der Waals surface area contributed by atoms with Crippen molar-refractivity contribution in [2.45, 2.75) is 113 Å². The van der Waals surface area contributed by atoms with Crippen LogP contribution in [0.1, 0.15) is 26.3 Å². The average molecular weight is 809 g/mol. The van der Waals surface area contributed by atoms with Crippen LogP contribution in [0, 0.1) is 0 Å². The number of phenols is 1. The normalized spacial score (nSPS) is 34.5. The van der Waals surface area contributed by atoms with Gasteiger partial charge in [0, 0.05) is 17.2 Å². The Bertz CT molecular complexity index is 1940. The third-order valence-electron chi connectivity index (χ3n) is 10.1. The van der Waals surface area contributed by atoms with Crippen molar-refractivity contribution in [1.82, 2.24) is 0 Å². The molecule has 14 atom stereocenters. The number of rotatable bonds is 11. The van der Waals surface area contributed by atoms with Crippen LogP contribution in [0.25, 0.3) is 22.3 Å². The summed E-state index contributed by atoms with van der Waals surface area (Å²) >= 11 is 0. The van der Waals surface area contributed by atoms with E-state index in [-0.39, 0.29) is 41.2 Å². The maximum absolute atomic E-state index is 14.5. The number of ether oxygens (including phenoxy) is 7. The topological polar surface area (TPSA) is 297 Å². The SMILES string of the molecule is COc1ccc(-c2oc3c(CC=C(C)C)c(O[C@@H]4O[C@H](CO)[C@@H](O)[C@H](O)[C@H]4O)cc(O)c3c(=O)c2O[C@@H]2O[C@@H](C)[C@H](O[C@@H]3OC[C@@H](O)[C@H](O)[C@H]3O)[C@@H](O)[C@H]2O)cc1. The molecule has 2 aromatic carbocycles. The zero-order chi connectivity index (χ0) is 41.5. The lowest BCUT2D eigenvalue weighted by Gasteiger charge is -2.44. The highest BCUT2D eigenvalue weighted by Crippen LogP contribution is 2.42. The molecule has 19 heteroatoms. The minimum atomic E-state index is -1.91. The lowest BCUT2D eigenvalue weighted by Crippen LogP contribution is -2.62. The lowest BCUT2D eigenvalue weighted by molar-refractivity contribution is -0.334. The summed E-state index contributed by atoms with van der Waals surface area (Å²) in [6.07, 6.45) is -20.5. The van der Waals surface area contributed by atoms with E-state index >= 15 is 0 Å². The molecule has 3 aliphatic heterocycles. The van der Waals surface area contributed by atoms with Gasteiger partial charge in [-0.25, -0.2) is 0 Å². The highest BCUT2D eigenvalue weighted by Gasteiger charge is 2.49. The Balaban J connectivity index is 1.42. The first kappa shape index (κ1) is 42.7. The summed E-state index contributed by atoms with van der Waals surface area (Å²) < 4.78 is 46.1. The van der Waals surface area contributed by atoms with E-state index in [0.717, 1.165) is 11.6 Å². The van der Waals surface area contributed by atoms with Crippen LogP contribution in [0.15, 0.2) is 51.2 Å². The van der Waals surface area contributed by atoms with E-state index in [0.29, 0.717) is 5.75 Å². The number of benzene rings is 2. The highest BCUT2D eigenvalue weighted by molar-refractivity contribution is 5.91. The average Bonchev–Trinajstić information content (AvgIpc) is 3.18. The Morgan fingerprint density at radius 1 is 0.842 bits per heavy atom. The fraction of sp³-hybridized carbons (Fsp3) is 0.553. The van der Waals surface area contributed by atoms with Crippen molar-refractivity contribution in [1.29, 1.82) is 0 Å². The van der Waals surface area contributed by atoms with E-state index < -0.39 is 115 Å². The molecule has 0 amide bonds. The molecule has 4 heterocycles. The number of fused-ring (bicyclic) bond motifs is 1. The quantitative estimate of drug-likeness (QED) is 0.0990. The predicted molar refractivity (Wildman–Crippen MR) is 193 cm³/mol.